The van der Waals surface area contributed by atoms with E-state index in [1.807, 2.05) is 0 Å². The SMILES string of the molecule is C=C(C)C(=O)OCCCCCCCP(=O)(O)O. The molecule has 0 amide bonds. The third kappa shape index (κ3) is 11.6. The van der Waals surface area contributed by atoms with Crippen molar-refractivity contribution < 1.29 is 23.9 Å². The molecule has 0 aliphatic heterocycles. The van der Waals surface area contributed by atoms with Crippen molar-refractivity contribution in [3.8, 4) is 0 Å². The van der Waals surface area contributed by atoms with Crippen LogP contribution in [0.3, 0.4) is 0 Å². The first-order chi connectivity index (χ1) is 7.83. The van der Waals surface area contributed by atoms with Gasteiger partial charge >= 0.3 is 13.6 Å². The van der Waals surface area contributed by atoms with E-state index in [1.54, 1.807) is 6.92 Å². The summed E-state index contributed by atoms with van der Waals surface area (Å²) in [5.41, 5.74) is 0.395. The van der Waals surface area contributed by atoms with Crippen LogP contribution in [0.4, 0.5) is 0 Å². The Kier molecular flexibility index (Phi) is 8.13. The van der Waals surface area contributed by atoms with Crippen LogP contribution in [0.5, 0.6) is 0 Å². The van der Waals surface area contributed by atoms with Gasteiger partial charge in [-0.2, -0.15) is 0 Å². The average Bonchev–Trinajstić information content (AvgIpc) is 2.19. The molecular formula is C11H21O5P. The zero-order valence-electron chi connectivity index (χ0n) is 10.2. The minimum Gasteiger partial charge on any atom is -0.462 e. The normalized spacial score (nSPS) is 11.2. The molecule has 2 N–H and O–H groups in total. The average molecular weight is 264 g/mol. The predicted molar refractivity (Wildman–Crippen MR) is 65.8 cm³/mol. The molecule has 0 heterocycles. The zero-order valence-corrected chi connectivity index (χ0v) is 11.1. The number of hydrogen-bond acceptors (Lipinski definition) is 3. The van der Waals surface area contributed by atoms with Crippen LogP contribution in [0.1, 0.15) is 39.0 Å². The van der Waals surface area contributed by atoms with Crippen LogP contribution in [-0.4, -0.2) is 28.5 Å². The molecule has 0 aliphatic carbocycles. The lowest BCUT2D eigenvalue weighted by Crippen LogP contribution is -2.06. The summed E-state index contributed by atoms with van der Waals surface area (Å²) in [4.78, 5) is 28.2. The molecule has 5 nitrogen and oxygen atoms in total. The van der Waals surface area contributed by atoms with Gasteiger partial charge in [-0.3, -0.25) is 4.57 Å². The number of carbonyl (C=O) groups excluding carboxylic acids is 1. The molecule has 17 heavy (non-hydrogen) atoms. The Hall–Kier alpha value is -0.640. The summed E-state index contributed by atoms with van der Waals surface area (Å²) >= 11 is 0. The second-order valence-electron chi connectivity index (χ2n) is 4.07. The van der Waals surface area contributed by atoms with Gasteiger partial charge in [-0.15, -0.1) is 0 Å². The van der Waals surface area contributed by atoms with Crippen LogP contribution in [-0.2, 0) is 14.1 Å². The Balaban J connectivity index is 3.28. The largest absolute Gasteiger partial charge is 0.462 e. The van der Waals surface area contributed by atoms with Crippen molar-refractivity contribution in [2.24, 2.45) is 0 Å². The fourth-order valence-corrected chi connectivity index (χ4v) is 1.87. The molecule has 0 spiro atoms. The molecule has 0 aromatic rings. The number of unbranched alkanes of at least 4 members (excludes halogenated alkanes) is 4. The first kappa shape index (κ1) is 16.4. The number of ether oxygens (including phenoxy) is 1. The molecule has 0 aromatic heterocycles. The lowest BCUT2D eigenvalue weighted by atomic mass is 10.2. The molecule has 0 radical (unpaired) electrons. The summed E-state index contributed by atoms with van der Waals surface area (Å²) in [6.07, 6.45) is 3.84. The van der Waals surface area contributed by atoms with Crippen molar-refractivity contribution in [2.45, 2.75) is 39.0 Å². The maximum Gasteiger partial charge on any atom is 0.333 e. The summed E-state index contributed by atoms with van der Waals surface area (Å²) in [5.74, 6) is -0.369. The van der Waals surface area contributed by atoms with Gasteiger partial charge in [0.15, 0.2) is 0 Å². The fraction of sp³-hybridized carbons (Fsp3) is 0.727. The van der Waals surface area contributed by atoms with E-state index in [-0.39, 0.29) is 12.1 Å². The van der Waals surface area contributed by atoms with Crippen molar-refractivity contribution in [2.75, 3.05) is 12.8 Å². The van der Waals surface area contributed by atoms with Crippen LogP contribution in [0.15, 0.2) is 12.2 Å². The standard InChI is InChI=1S/C11H21O5P/c1-10(2)11(12)16-8-6-4-3-5-7-9-17(13,14)15/h1,3-9H2,2H3,(H2,13,14,15). The molecule has 0 fully saturated rings. The van der Waals surface area contributed by atoms with Gasteiger partial charge in [-0.25, -0.2) is 4.79 Å². The Morgan fingerprint density at radius 2 is 1.71 bits per heavy atom. The number of hydrogen-bond donors (Lipinski definition) is 2. The summed E-state index contributed by atoms with van der Waals surface area (Å²) in [7, 11) is -3.83. The monoisotopic (exact) mass is 264 g/mol. The van der Waals surface area contributed by atoms with Gasteiger partial charge < -0.3 is 14.5 Å². The third-order valence-electron chi connectivity index (χ3n) is 2.18. The summed E-state index contributed by atoms with van der Waals surface area (Å²) in [5, 5.41) is 0. The van der Waals surface area contributed by atoms with Gasteiger partial charge in [0, 0.05) is 11.7 Å². The number of carbonyl (C=O) groups is 1. The molecule has 0 saturated carbocycles. The Morgan fingerprint density at radius 1 is 1.18 bits per heavy atom. The van der Waals surface area contributed by atoms with Crippen LogP contribution in [0.25, 0.3) is 0 Å². The van der Waals surface area contributed by atoms with E-state index in [4.69, 9.17) is 14.5 Å². The Labute approximate surface area is 102 Å². The topological polar surface area (TPSA) is 83.8 Å². The smallest absolute Gasteiger partial charge is 0.333 e. The summed E-state index contributed by atoms with van der Waals surface area (Å²) in [6, 6.07) is 0. The van der Waals surface area contributed by atoms with E-state index in [2.05, 4.69) is 6.58 Å². The van der Waals surface area contributed by atoms with Crippen molar-refractivity contribution >= 4 is 13.6 Å². The van der Waals surface area contributed by atoms with Crippen molar-refractivity contribution in [3.63, 3.8) is 0 Å². The maximum absolute atomic E-state index is 11.0. The quantitative estimate of drug-likeness (QED) is 0.289. The summed E-state index contributed by atoms with van der Waals surface area (Å²) in [6.45, 7) is 5.45. The molecule has 0 rings (SSSR count). The van der Waals surface area contributed by atoms with Gasteiger partial charge in [0.25, 0.3) is 0 Å². The third-order valence-corrected chi connectivity index (χ3v) is 3.07. The molecular weight excluding hydrogens is 243 g/mol. The van der Waals surface area contributed by atoms with Crippen LogP contribution < -0.4 is 0 Å². The predicted octanol–water partition coefficient (Wildman–Crippen LogP) is 2.23. The van der Waals surface area contributed by atoms with E-state index in [1.165, 1.54) is 0 Å². The van der Waals surface area contributed by atoms with E-state index >= 15 is 0 Å². The van der Waals surface area contributed by atoms with Gasteiger partial charge in [-0.1, -0.05) is 25.8 Å². The summed E-state index contributed by atoms with van der Waals surface area (Å²) < 4.78 is 15.4. The highest BCUT2D eigenvalue weighted by Gasteiger charge is 2.10. The van der Waals surface area contributed by atoms with E-state index in [9.17, 15) is 9.36 Å². The molecule has 0 aliphatic rings. The lowest BCUT2D eigenvalue weighted by Gasteiger charge is -2.05. The minimum absolute atomic E-state index is 0.0440. The highest BCUT2D eigenvalue weighted by atomic mass is 31.2. The van der Waals surface area contributed by atoms with Gasteiger partial charge in [0.2, 0.25) is 0 Å². The van der Waals surface area contributed by atoms with Crippen LogP contribution >= 0.6 is 7.60 Å². The first-order valence-corrected chi connectivity index (χ1v) is 7.50. The van der Waals surface area contributed by atoms with E-state index < -0.39 is 7.60 Å². The minimum atomic E-state index is -3.83. The van der Waals surface area contributed by atoms with Crippen molar-refractivity contribution in [1.29, 1.82) is 0 Å². The van der Waals surface area contributed by atoms with Gasteiger partial charge in [0.05, 0.1) is 6.61 Å². The second kappa shape index (κ2) is 8.45. The molecule has 0 bridgehead atoms. The molecule has 6 heteroatoms. The van der Waals surface area contributed by atoms with Crippen LogP contribution in [0, 0.1) is 0 Å². The van der Waals surface area contributed by atoms with E-state index in [0.29, 0.717) is 18.6 Å². The molecule has 100 valence electrons. The molecule has 0 unspecified atom stereocenters. The highest BCUT2D eigenvalue weighted by molar-refractivity contribution is 7.51. The van der Waals surface area contributed by atoms with Crippen LogP contribution in [0.2, 0.25) is 0 Å². The lowest BCUT2D eigenvalue weighted by molar-refractivity contribution is -0.139. The number of esters is 1. The molecule has 0 aromatic carbocycles. The van der Waals surface area contributed by atoms with Gasteiger partial charge in [0.1, 0.15) is 0 Å². The Bertz CT molecular complexity index is 294. The first-order valence-electron chi connectivity index (χ1n) is 5.70. The zero-order chi connectivity index (χ0) is 13.3. The number of rotatable bonds is 9. The molecule has 0 saturated heterocycles. The highest BCUT2D eigenvalue weighted by Crippen LogP contribution is 2.35. The Morgan fingerprint density at radius 3 is 2.24 bits per heavy atom. The second-order valence-corrected chi connectivity index (χ2v) is 5.85. The van der Waals surface area contributed by atoms with E-state index in [0.717, 1.165) is 25.7 Å². The maximum atomic E-state index is 11.0. The van der Waals surface area contributed by atoms with Gasteiger partial charge in [-0.05, 0) is 19.8 Å². The van der Waals surface area contributed by atoms with Crippen molar-refractivity contribution in [1.82, 2.24) is 0 Å². The van der Waals surface area contributed by atoms with Crippen molar-refractivity contribution in [3.05, 3.63) is 12.2 Å². The molecule has 0 atom stereocenters. The fourth-order valence-electron chi connectivity index (χ4n) is 1.24.